The van der Waals surface area contributed by atoms with Gasteiger partial charge in [-0.1, -0.05) is 57.6 Å². The fourth-order valence-corrected chi connectivity index (χ4v) is 4.33. The van der Waals surface area contributed by atoms with Crippen LogP contribution in [0.3, 0.4) is 0 Å². The summed E-state index contributed by atoms with van der Waals surface area (Å²) in [7, 11) is 0. The number of hydrogen-bond acceptors (Lipinski definition) is 1. The van der Waals surface area contributed by atoms with Crippen LogP contribution in [0.25, 0.3) is 0 Å². The molecule has 0 spiro atoms. The zero-order valence-corrected chi connectivity index (χ0v) is 14.5. The first-order valence-corrected chi connectivity index (χ1v) is 9.77. The molecule has 0 aromatic rings. The summed E-state index contributed by atoms with van der Waals surface area (Å²) in [5.41, 5.74) is 1.77. The average Bonchev–Trinajstić information content (AvgIpc) is 2.49. The molecule has 0 amide bonds. The first kappa shape index (κ1) is 17.1. The summed E-state index contributed by atoms with van der Waals surface area (Å²) in [5, 5.41) is 3.92. The summed E-state index contributed by atoms with van der Waals surface area (Å²) in [4.78, 5) is 0. The van der Waals surface area contributed by atoms with Gasteiger partial charge in [-0.3, -0.25) is 0 Å². The van der Waals surface area contributed by atoms with E-state index in [2.05, 4.69) is 25.2 Å². The summed E-state index contributed by atoms with van der Waals surface area (Å²) >= 11 is 0. The minimum atomic E-state index is 0.695. The van der Waals surface area contributed by atoms with E-state index < -0.39 is 0 Å². The van der Waals surface area contributed by atoms with Crippen molar-refractivity contribution < 1.29 is 0 Å². The third-order valence-corrected chi connectivity index (χ3v) is 5.78. The standard InChI is InChI=1S/C20H37N/c1-3-16-21-20(18-10-8-6-5-7-9-11-18)19-14-12-17(4-2)13-15-19/h10,17,19-21H,3-9,11-16H2,1-2H3. The summed E-state index contributed by atoms with van der Waals surface area (Å²) in [6.45, 7) is 5.86. The minimum Gasteiger partial charge on any atom is -0.310 e. The Kier molecular flexibility index (Phi) is 7.85. The Bertz CT molecular complexity index is 299. The van der Waals surface area contributed by atoms with Crippen LogP contribution in [0, 0.1) is 11.8 Å². The highest BCUT2D eigenvalue weighted by Crippen LogP contribution is 2.36. The van der Waals surface area contributed by atoms with Gasteiger partial charge >= 0.3 is 0 Å². The fraction of sp³-hybridized carbons (Fsp3) is 0.900. The van der Waals surface area contributed by atoms with E-state index in [0.717, 1.165) is 11.8 Å². The molecule has 0 radical (unpaired) electrons. The molecule has 1 fully saturated rings. The van der Waals surface area contributed by atoms with Crippen molar-refractivity contribution in [2.75, 3.05) is 6.54 Å². The molecule has 2 rings (SSSR count). The van der Waals surface area contributed by atoms with Crippen molar-refractivity contribution in [3.63, 3.8) is 0 Å². The molecular formula is C20H37N. The average molecular weight is 292 g/mol. The second kappa shape index (κ2) is 9.66. The molecule has 0 aromatic carbocycles. The molecule has 1 heteroatoms. The Labute approximate surface area is 133 Å². The van der Waals surface area contributed by atoms with Crippen molar-refractivity contribution in [2.24, 2.45) is 11.8 Å². The number of hydrogen-bond donors (Lipinski definition) is 1. The molecule has 0 heterocycles. The third-order valence-electron chi connectivity index (χ3n) is 5.78. The van der Waals surface area contributed by atoms with Gasteiger partial charge in [0.25, 0.3) is 0 Å². The van der Waals surface area contributed by atoms with Crippen LogP contribution in [0.2, 0.25) is 0 Å². The van der Waals surface area contributed by atoms with E-state index in [1.54, 1.807) is 5.57 Å². The van der Waals surface area contributed by atoms with E-state index in [0.29, 0.717) is 6.04 Å². The van der Waals surface area contributed by atoms with Gasteiger partial charge in [-0.15, -0.1) is 0 Å². The quantitative estimate of drug-likeness (QED) is 0.605. The van der Waals surface area contributed by atoms with E-state index in [1.165, 1.54) is 83.6 Å². The van der Waals surface area contributed by atoms with Gasteiger partial charge in [-0.05, 0) is 63.3 Å². The molecule has 2 aliphatic rings. The third kappa shape index (κ3) is 5.43. The molecular weight excluding hydrogens is 254 g/mol. The van der Waals surface area contributed by atoms with Gasteiger partial charge in [0.15, 0.2) is 0 Å². The Hall–Kier alpha value is -0.300. The molecule has 0 saturated heterocycles. The maximum atomic E-state index is 3.92. The van der Waals surface area contributed by atoms with E-state index in [4.69, 9.17) is 0 Å². The Morgan fingerprint density at radius 2 is 1.81 bits per heavy atom. The van der Waals surface area contributed by atoms with Crippen molar-refractivity contribution >= 4 is 0 Å². The predicted molar refractivity (Wildman–Crippen MR) is 93.6 cm³/mol. The molecule has 2 aliphatic carbocycles. The van der Waals surface area contributed by atoms with Crippen molar-refractivity contribution in [3.05, 3.63) is 11.6 Å². The van der Waals surface area contributed by atoms with Crippen molar-refractivity contribution in [3.8, 4) is 0 Å². The van der Waals surface area contributed by atoms with Crippen LogP contribution >= 0.6 is 0 Å². The van der Waals surface area contributed by atoms with Gasteiger partial charge in [0.1, 0.15) is 0 Å². The van der Waals surface area contributed by atoms with Gasteiger partial charge in [0.05, 0.1) is 0 Å². The molecule has 122 valence electrons. The summed E-state index contributed by atoms with van der Waals surface area (Å²) < 4.78 is 0. The molecule has 1 saturated carbocycles. The van der Waals surface area contributed by atoms with Crippen LogP contribution in [0.4, 0.5) is 0 Å². The highest BCUT2D eigenvalue weighted by molar-refractivity contribution is 5.14. The lowest BCUT2D eigenvalue weighted by molar-refractivity contribution is 0.230. The molecule has 0 bridgehead atoms. The molecule has 0 aliphatic heterocycles. The first-order chi connectivity index (χ1) is 10.3. The smallest absolute Gasteiger partial charge is 0.0307 e. The lowest BCUT2D eigenvalue weighted by Crippen LogP contribution is -2.40. The fourth-order valence-electron chi connectivity index (χ4n) is 4.33. The van der Waals surface area contributed by atoms with Crippen LogP contribution in [-0.2, 0) is 0 Å². The maximum Gasteiger partial charge on any atom is 0.0307 e. The van der Waals surface area contributed by atoms with Crippen molar-refractivity contribution in [1.82, 2.24) is 5.32 Å². The number of rotatable bonds is 6. The molecule has 1 atom stereocenters. The monoisotopic (exact) mass is 291 g/mol. The van der Waals surface area contributed by atoms with Crippen LogP contribution in [0.1, 0.15) is 90.9 Å². The highest BCUT2D eigenvalue weighted by Gasteiger charge is 2.28. The van der Waals surface area contributed by atoms with Gasteiger partial charge in [0.2, 0.25) is 0 Å². The van der Waals surface area contributed by atoms with Crippen LogP contribution in [0.5, 0.6) is 0 Å². The minimum absolute atomic E-state index is 0.695. The molecule has 21 heavy (non-hydrogen) atoms. The lowest BCUT2D eigenvalue weighted by atomic mass is 9.74. The topological polar surface area (TPSA) is 12.0 Å². The molecule has 1 unspecified atom stereocenters. The number of allylic oxidation sites excluding steroid dienone is 1. The van der Waals surface area contributed by atoms with Crippen molar-refractivity contribution in [1.29, 1.82) is 0 Å². The Balaban J connectivity index is 1.99. The van der Waals surface area contributed by atoms with E-state index in [9.17, 15) is 0 Å². The second-order valence-electron chi connectivity index (χ2n) is 7.35. The Morgan fingerprint density at radius 1 is 1.05 bits per heavy atom. The van der Waals surface area contributed by atoms with Gasteiger partial charge in [-0.2, -0.15) is 0 Å². The van der Waals surface area contributed by atoms with E-state index in [-0.39, 0.29) is 0 Å². The predicted octanol–water partition coefficient (Wildman–Crippen LogP) is 5.85. The maximum absolute atomic E-state index is 3.92. The Morgan fingerprint density at radius 3 is 2.52 bits per heavy atom. The van der Waals surface area contributed by atoms with Crippen LogP contribution < -0.4 is 5.32 Å². The second-order valence-corrected chi connectivity index (χ2v) is 7.35. The van der Waals surface area contributed by atoms with Crippen molar-refractivity contribution in [2.45, 2.75) is 96.9 Å². The molecule has 1 nitrogen and oxygen atoms in total. The summed E-state index contributed by atoms with van der Waals surface area (Å²) in [5.74, 6) is 1.92. The lowest BCUT2D eigenvalue weighted by Gasteiger charge is -2.36. The van der Waals surface area contributed by atoms with Crippen LogP contribution in [-0.4, -0.2) is 12.6 Å². The van der Waals surface area contributed by atoms with Gasteiger partial charge in [0, 0.05) is 6.04 Å². The number of nitrogens with one attached hydrogen (secondary N) is 1. The SMILES string of the molecule is CCCNC(C1=CCCCCCC1)C1CCC(CC)CC1. The van der Waals surface area contributed by atoms with Gasteiger partial charge < -0.3 is 5.32 Å². The van der Waals surface area contributed by atoms with Crippen LogP contribution in [0.15, 0.2) is 11.6 Å². The molecule has 1 N–H and O–H groups in total. The highest BCUT2D eigenvalue weighted by atomic mass is 14.9. The largest absolute Gasteiger partial charge is 0.310 e. The van der Waals surface area contributed by atoms with E-state index >= 15 is 0 Å². The molecule has 0 aromatic heterocycles. The normalized spacial score (nSPS) is 29.3. The first-order valence-electron chi connectivity index (χ1n) is 9.77. The van der Waals surface area contributed by atoms with E-state index in [1.807, 2.05) is 0 Å². The zero-order chi connectivity index (χ0) is 14.9. The van der Waals surface area contributed by atoms with Gasteiger partial charge in [-0.25, -0.2) is 0 Å². The zero-order valence-electron chi connectivity index (χ0n) is 14.5. The summed E-state index contributed by atoms with van der Waals surface area (Å²) in [6.07, 6.45) is 19.5. The summed E-state index contributed by atoms with van der Waals surface area (Å²) in [6, 6.07) is 0.695.